The van der Waals surface area contributed by atoms with Crippen molar-refractivity contribution in [2.45, 2.75) is 58.8 Å². The van der Waals surface area contributed by atoms with Gasteiger partial charge in [-0.3, -0.25) is 0 Å². The average molecular weight is 338 g/mol. The Labute approximate surface area is 149 Å². The minimum atomic E-state index is -0.379. The predicted octanol–water partition coefficient (Wildman–Crippen LogP) is 3.84. The zero-order valence-corrected chi connectivity index (χ0v) is 15.5. The van der Waals surface area contributed by atoms with E-state index < -0.39 is 0 Å². The molecule has 1 aromatic rings. The molecular formula is C20H26N4O. The number of carbonyl (C=O) groups is 1. The number of nitrogens with one attached hydrogen (secondary N) is 1. The number of carbonyl (C=O) groups excluding carboxylic acids is 1. The van der Waals surface area contributed by atoms with Crippen LogP contribution in [0.15, 0.2) is 11.8 Å². The van der Waals surface area contributed by atoms with E-state index in [4.69, 9.17) is 11.6 Å². The molecule has 2 aliphatic carbocycles. The van der Waals surface area contributed by atoms with Gasteiger partial charge in [0.15, 0.2) is 5.78 Å². The standard InChI is InChI=1S/C20H26N4O/c1-6-7-10-22-19-14-8-9-15-12(2)17(25)16(21-5)11-20(15,4)18(14)23-13(3)24-19/h11-12,15H,6-10H2,1-4H3,(H,22,23,24)/t12-,15-,20-/m0/s1. The minimum Gasteiger partial charge on any atom is -0.370 e. The first kappa shape index (κ1) is 17.6. The number of nitrogens with zero attached hydrogens (tertiary/aromatic N) is 3. The summed E-state index contributed by atoms with van der Waals surface area (Å²) >= 11 is 0. The number of allylic oxidation sites excluding steroid dienone is 2. The molecule has 132 valence electrons. The quantitative estimate of drug-likeness (QED) is 0.669. The monoisotopic (exact) mass is 338 g/mol. The second-order valence-electron chi connectivity index (χ2n) is 7.45. The number of unbranched alkanes of at least 4 members (excludes halogenated alkanes) is 1. The lowest BCUT2D eigenvalue weighted by molar-refractivity contribution is -0.121. The van der Waals surface area contributed by atoms with Crippen LogP contribution in [0.3, 0.4) is 0 Å². The zero-order valence-electron chi connectivity index (χ0n) is 15.5. The highest BCUT2D eigenvalue weighted by Crippen LogP contribution is 2.50. The predicted molar refractivity (Wildman–Crippen MR) is 98.2 cm³/mol. The summed E-state index contributed by atoms with van der Waals surface area (Å²) in [4.78, 5) is 25.3. The fourth-order valence-electron chi connectivity index (χ4n) is 4.39. The maximum absolute atomic E-state index is 12.4. The Morgan fingerprint density at radius 3 is 2.88 bits per heavy atom. The lowest BCUT2D eigenvalue weighted by Crippen LogP contribution is -2.46. The molecule has 3 atom stereocenters. The number of Topliss-reactive ketones (excluding diaryl/α,β-unsaturated/α-hetero) is 1. The van der Waals surface area contributed by atoms with E-state index in [0.29, 0.717) is 0 Å². The van der Waals surface area contributed by atoms with Crippen LogP contribution in [0, 0.1) is 25.3 Å². The van der Waals surface area contributed by atoms with Crippen molar-refractivity contribution in [1.82, 2.24) is 9.97 Å². The summed E-state index contributed by atoms with van der Waals surface area (Å²) < 4.78 is 0. The summed E-state index contributed by atoms with van der Waals surface area (Å²) in [6.07, 6.45) is 5.91. The highest BCUT2D eigenvalue weighted by atomic mass is 16.1. The van der Waals surface area contributed by atoms with Crippen molar-refractivity contribution in [3.8, 4) is 0 Å². The van der Waals surface area contributed by atoms with Crippen LogP contribution in [0.5, 0.6) is 0 Å². The van der Waals surface area contributed by atoms with Gasteiger partial charge in [0, 0.05) is 23.4 Å². The summed E-state index contributed by atoms with van der Waals surface area (Å²) in [5.41, 5.74) is 2.03. The second kappa shape index (κ2) is 6.59. The first-order valence-electron chi connectivity index (χ1n) is 9.18. The Balaban J connectivity index is 2.12. The molecule has 0 radical (unpaired) electrons. The third kappa shape index (κ3) is 2.84. The Hall–Kier alpha value is -2.22. The number of fused-ring (bicyclic) bond motifs is 3. The third-order valence-corrected chi connectivity index (χ3v) is 5.75. The van der Waals surface area contributed by atoms with Crippen molar-refractivity contribution in [3.05, 3.63) is 40.3 Å². The summed E-state index contributed by atoms with van der Waals surface area (Å²) in [6, 6.07) is 0. The van der Waals surface area contributed by atoms with Gasteiger partial charge in [-0.15, -0.1) is 0 Å². The molecule has 25 heavy (non-hydrogen) atoms. The average Bonchev–Trinajstić information content (AvgIpc) is 2.59. The van der Waals surface area contributed by atoms with Gasteiger partial charge in [-0.25, -0.2) is 14.8 Å². The molecule has 1 N–H and O–H groups in total. The van der Waals surface area contributed by atoms with E-state index in [1.54, 1.807) is 0 Å². The van der Waals surface area contributed by atoms with E-state index in [0.717, 1.165) is 55.1 Å². The van der Waals surface area contributed by atoms with Gasteiger partial charge in [0.05, 0.1) is 12.3 Å². The second-order valence-corrected chi connectivity index (χ2v) is 7.45. The molecule has 5 heteroatoms. The van der Waals surface area contributed by atoms with Crippen molar-refractivity contribution in [3.63, 3.8) is 0 Å². The van der Waals surface area contributed by atoms with E-state index in [1.807, 2.05) is 19.9 Å². The van der Waals surface area contributed by atoms with Gasteiger partial charge in [-0.05, 0) is 32.1 Å². The number of aromatic nitrogens is 2. The number of aryl methyl sites for hydroxylation is 1. The van der Waals surface area contributed by atoms with Crippen LogP contribution >= 0.6 is 0 Å². The van der Waals surface area contributed by atoms with Crippen LogP contribution < -0.4 is 5.32 Å². The van der Waals surface area contributed by atoms with Crippen LogP contribution in [0.25, 0.3) is 4.85 Å². The van der Waals surface area contributed by atoms with Crippen molar-refractivity contribution in [2.24, 2.45) is 11.8 Å². The van der Waals surface area contributed by atoms with Gasteiger partial charge in [-0.2, -0.15) is 0 Å². The molecule has 3 rings (SSSR count). The normalized spacial score (nSPS) is 27.8. The van der Waals surface area contributed by atoms with Gasteiger partial charge in [0.2, 0.25) is 5.70 Å². The molecule has 5 nitrogen and oxygen atoms in total. The van der Waals surface area contributed by atoms with Gasteiger partial charge in [0.25, 0.3) is 0 Å². The molecule has 0 saturated carbocycles. The van der Waals surface area contributed by atoms with E-state index in [1.165, 1.54) is 0 Å². The van der Waals surface area contributed by atoms with Gasteiger partial charge < -0.3 is 10.1 Å². The summed E-state index contributed by atoms with van der Waals surface area (Å²) in [5, 5.41) is 3.47. The highest BCUT2D eigenvalue weighted by Gasteiger charge is 2.49. The number of rotatable bonds is 4. The molecule has 2 aliphatic rings. The van der Waals surface area contributed by atoms with Crippen LogP contribution in [0.1, 0.15) is 57.1 Å². The molecule has 0 bridgehead atoms. The highest BCUT2D eigenvalue weighted by molar-refractivity contribution is 6.00. The third-order valence-electron chi connectivity index (χ3n) is 5.75. The number of hydrogen-bond donors (Lipinski definition) is 1. The molecule has 0 unspecified atom stereocenters. The fourth-order valence-corrected chi connectivity index (χ4v) is 4.39. The zero-order chi connectivity index (χ0) is 18.2. The summed E-state index contributed by atoms with van der Waals surface area (Å²) in [7, 11) is 0. The van der Waals surface area contributed by atoms with Gasteiger partial charge >= 0.3 is 0 Å². The maximum Gasteiger partial charge on any atom is 0.226 e. The van der Waals surface area contributed by atoms with Crippen LogP contribution in [-0.2, 0) is 16.6 Å². The van der Waals surface area contributed by atoms with Crippen molar-refractivity contribution in [2.75, 3.05) is 11.9 Å². The number of ketones is 1. The molecule has 0 aromatic carbocycles. The van der Waals surface area contributed by atoms with E-state index in [-0.39, 0.29) is 28.7 Å². The molecule has 0 spiro atoms. The Morgan fingerprint density at radius 2 is 2.20 bits per heavy atom. The smallest absolute Gasteiger partial charge is 0.226 e. The van der Waals surface area contributed by atoms with E-state index >= 15 is 0 Å². The van der Waals surface area contributed by atoms with E-state index in [9.17, 15) is 4.79 Å². The van der Waals surface area contributed by atoms with Crippen molar-refractivity contribution >= 4 is 11.6 Å². The summed E-state index contributed by atoms with van der Waals surface area (Å²) in [5.74, 6) is 1.70. The summed E-state index contributed by atoms with van der Waals surface area (Å²) in [6.45, 7) is 16.5. The molecule has 0 fully saturated rings. The van der Waals surface area contributed by atoms with Gasteiger partial charge in [0.1, 0.15) is 11.6 Å². The number of anilines is 1. The maximum atomic E-state index is 12.4. The SMILES string of the molecule is [C-]#[N+]C1=C[C@]2(C)c3nc(C)nc(NCCCC)c3CC[C@H]2[C@H](C)C1=O. The molecular weight excluding hydrogens is 312 g/mol. The lowest BCUT2D eigenvalue weighted by atomic mass is 9.58. The molecule has 1 heterocycles. The van der Waals surface area contributed by atoms with Gasteiger partial charge in [-0.1, -0.05) is 33.3 Å². The molecule has 0 aliphatic heterocycles. The molecule has 0 amide bonds. The van der Waals surface area contributed by atoms with Crippen LogP contribution in [0.2, 0.25) is 0 Å². The molecule has 0 saturated heterocycles. The lowest BCUT2D eigenvalue weighted by Gasteiger charge is -2.46. The Bertz CT molecular complexity index is 777. The topological polar surface area (TPSA) is 59.2 Å². The Morgan fingerprint density at radius 1 is 1.44 bits per heavy atom. The van der Waals surface area contributed by atoms with Crippen molar-refractivity contribution in [1.29, 1.82) is 0 Å². The Kier molecular flexibility index (Phi) is 4.64. The largest absolute Gasteiger partial charge is 0.370 e. The number of hydrogen-bond acceptors (Lipinski definition) is 4. The van der Waals surface area contributed by atoms with Crippen LogP contribution in [-0.4, -0.2) is 22.3 Å². The van der Waals surface area contributed by atoms with Crippen LogP contribution in [0.4, 0.5) is 5.82 Å². The van der Waals surface area contributed by atoms with Crippen molar-refractivity contribution < 1.29 is 4.79 Å². The first-order chi connectivity index (χ1) is 11.9. The molecule has 1 aromatic heterocycles. The van der Waals surface area contributed by atoms with E-state index in [2.05, 4.69) is 29.0 Å². The minimum absolute atomic E-state index is 0.0204. The first-order valence-corrected chi connectivity index (χ1v) is 9.18. The fraction of sp³-hybridized carbons (Fsp3) is 0.600.